The molecule has 0 aromatic heterocycles. The van der Waals surface area contributed by atoms with E-state index in [1.54, 1.807) is 13.2 Å². The van der Waals surface area contributed by atoms with Crippen molar-refractivity contribution in [2.75, 3.05) is 26.4 Å². The van der Waals surface area contributed by atoms with Crippen molar-refractivity contribution < 1.29 is 24.3 Å². The second-order valence-corrected chi connectivity index (χ2v) is 3.31. The molecular formula is C11H17NO5. The van der Waals surface area contributed by atoms with E-state index in [0.717, 1.165) is 0 Å². The Balaban J connectivity index is 3.93. The van der Waals surface area contributed by atoms with E-state index in [2.05, 4.69) is 13.2 Å². The monoisotopic (exact) mass is 243 g/mol. The third-order valence-electron chi connectivity index (χ3n) is 1.56. The molecule has 6 heteroatoms. The third kappa shape index (κ3) is 8.42. The van der Waals surface area contributed by atoms with Crippen LogP contribution < -0.4 is 0 Å². The van der Waals surface area contributed by atoms with E-state index in [1.165, 1.54) is 12.2 Å². The molecule has 0 spiro atoms. The highest BCUT2D eigenvalue weighted by molar-refractivity contribution is 4.77. The third-order valence-corrected chi connectivity index (χ3v) is 1.56. The molecule has 0 amide bonds. The second kappa shape index (κ2) is 9.81. The summed E-state index contributed by atoms with van der Waals surface area (Å²) in [6.07, 6.45) is 4.65. The van der Waals surface area contributed by atoms with Gasteiger partial charge >= 0.3 is 0 Å². The van der Waals surface area contributed by atoms with Crippen LogP contribution in [-0.2, 0) is 24.3 Å². The second-order valence-electron chi connectivity index (χ2n) is 3.31. The standard InChI is InChI=1S/C11H17NO5/c1-4-6-14-16-8-11(3,13-10-12)9-17-15-7-5-2/h4-5H,1-2,6-9H2,3H3. The van der Waals surface area contributed by atoms with Crippen molar-refractivity contribution >= 4 is 0 Å². The number of rotatable bonds is 11. The van der Waals surface area contributed by atoms with Gasteiger partial charge in [0.1, 0.15) is 26.4 Å². The fourth-order valence-corrected chi connectivity index (χ4v) is 0.736. The average Bonchev–Trinajstić information content (AvgIpc) is 2.31. The number of nitriles is 1. The maximum Gasteiger partial charge on any atom is 0.287 e. The summed E-state index contributed by atoms with van der Waals surface area (Å²) in [6.45, 7) is 9.08. The SMILES string of the molecule is C=CCOOCC(C)(COOCC=C)OC#N. The zero-order chi connectivity index (χ0) is 13.0. The molecule has 0 bridgehead atoms. The highest BCUT2D eigenvalue weighted by Gasteiger charge is 2.29. The minimum absolute atomic E-state index is 0.0197. The van der Waals surface area contributed by atoms with Crippen LogP contribution in [0.1, 0.15) is 6.92 Å². The van der Waals surface area contributed by atoms with Gasteiger partial charge in [0.2, 0.25) is 0 Å². The molecule has 0 aliphatic carbocycles. The Labute approximate surface area is 101 Å². The summed E-state index contributed by atoms with van der Waals surface area (Å²) in [5.74, 6) is 0. The molecule has 0 aromatic carbocycles. The van der Waals surface area contributed by atoms with Gasteiger partial charge in [-0.05, 0) is 6.92 Å². The largest absolute Gasteiger partial charge is 0.416 e. The Morgan fingerprint density at radius 2 is 1.53 bits per heavy atom. The Hall–Kier alpha value is -1.39. The molecule has 0 radical (unpaired) electrons. The molecule has 0 unspecified atom stereocenters. The van der Waals surface area contributed by atoms with Gasteiger partial charge in [-0.25, -0.2) is 19.6 Å². The summed E-state index contributed by atoms with van der Waals surface area (Å²) in [7, 11) is 0. The Kier molecular flexibility index (Phi) is 9.01. The smallest absolute Gasteiger partial charge is 0.287 e. The topological polar surface area (TPSA) is 69.9 Å². The molecule has 0 heterocycles. The molecule has 0 fully saturated rings. The minimum Gasteiger partial charge on any atom is -0.416 e. The van der Waals surface area contributed by atoms with Gasteiger partial charge in [-0.2, -0.15) is 5.26 Å². The molecule has 0 aliphatic rings. The lowest BCUT2D eigenvalue weighted by Crippen LogP contribution is -2.38. The van der Waals surface area contributed by atoms with E-state index in [0.29, 0.717) is 0 Å². The number of hydrogen-bond acceptors (Lipinski definition) is 6. The Morgan fingerprint density at radius 3 is 1.88 bits per heavy atom. The van der Waals surface area contributed by atoms with Gasteiger partial charge in [-0.3, -0.25) is 0 Å². The van der Waals surface area contributed by atoms with Crippen LogP contribution in [0, 0.1) is 11.5 Å². The number of ether oxygens (including phenoxy) is 1. The molecule has 0 saturated carbocycles. The predicted octanol–water partition coefficient (Wildman–Crippen LogP) is 1.51. The van der Waals surface area contributed by atoms with Crippen molar-refractivity contribution in [3.05, 3.63) is 25.3 Å². The van der Waals surface area contributed by atoms with Gasteiger partial charge < -0.3 is 4.74 Å². The van der Waals surface area contributed by atoms with Crippen LogP contribution in [-0.4, -0.2) is 32.0 Å². The summed E-state index contributed by atoms with van der Waals surface area (Å²) in [5, 5.41) is 8.51. The maximum atomic E-state index is 8.51. The maximum absolute atomic E-state index is 8.51. The van der Waals surface area contributed by atoms with Crippen molar-refractivity contribution in [2.45, 2.75) is 12.5 Å². The van der Waals surface area contributed by atoms with E-state index in [1.807, 2.05) is 0 Å². The summed E-state index contributed by atoms with van der Waals surface area (Å²) in [4.78, 5) is 19.2. The summed E-state index contributed by atoms with van der Waals surface area (Å²) in [6, 6.07) is 0. The van der Waals surface area contributed by atoms with Crippen LogP contribution in [0.4, 0.5) is 0 Å². The van der Waals surface area contributed by atoms with Gasteiger partial charge in [0, 0.05) is 0 Å². The fourth-order valence-electron chi connectivity index (χ4n) is 0.736. The first-order valence-electron chi connectivity index (χ1n) is 4.96. The van der Waals surface area contributed by atoms with E-state index in [9.17, 15) is 0 Å². The van der Waals surface area contributed by atoms with Crippen LogP contribution in [0.5, 0.6) is 0 Å². The molecule has 6 nitrogen and oxygen atoms in total. The van der Waals surface area contributed by atoms with Crippen molar-refractivity contribution in [3.8, 4) is 6.26 Å². The fraction of sp³-hybridized carbons (Fsp3) is 0.545. The first kappa shape index (κ1) is 15.6. The molecule has 17 heavy (non-hydrogen) atoms. The van der Waals surface area contributed by atoms with E-state index in [4.69, 9.17) is 29.5 Å². The van der Waals surface area contributed by atoms with Gasteiger partial charge in [-0.15, -0.1) is 13.2 Å². The average molecular weight is 243 g/mol. The van der Waals surface area contributed by atoms with E-state index < -0.39 is 5.60 Å². The van der Waals surface area contributed by atoms with Crippen LogP contribution in [0.3, 0.4) is 0 Å². The molecule has 96 valence electrons. The van der Waals surface area contributed by atoms with E-state index in [-0.39, 0.29) is 26.4 Å². The predicted molar refractivity (Wildman–Crippen MR) is 59.3 cm³/mol. The lowest BCUT2D eigenvalue weighted by Gasteiger charge is -2.24. The highest BCUT2D eigenvalue weighted by Crippen LogP contribution is 2.11. The summed E-state index contributed by atoms with van der Waals surface area (Å²) >= 11 is 0. The zero-order valence-corrected chi connectivity index (χ0v) is 9.89. The number of nitrogens with zero attached hydrogens (tertiary/aromatic N) is 1. The van der Waals surface area contributed by atoms with Gasteiger partial charge in [0.15, 0.2) is 5.60 Å². The van der Waals surface area contributed by atoms with Crippen LogP contribution >= 0.6 is 0 Å². The van der Waals surface area contributed by atoms with E-state index >= 15 is 0 Å². The molecule has 0 aliphatic heterocycles. The van der Waals surface area contributed by atoms with Gasteiger partial charge in [0.25, 0.3) is 6.26 Å². The molecular weight excluding hydrogens is 226 g/mol. The molecule has 0 saturated heterocycles. The van der Waals surface area contributed by atoms with Crippen molar-refractivity contribution in [3.63, 3.8) is 0 Å². The highest BCUT2D eigenvalue weighted by atomic mass is 17.2. The van der Waals surface area contributed by atoms with Gasteiger partial charge in [-0.1, -0.05) is 12.2 Å². The van der Waals surface area contributed by atoms with Gasteiger partial charge in [0.05, 0.1) is 0 Å². The molecule has 0 atom stereocenters. The van der Waals surface area contributed by atoms with Crippen LogP contribution in [0.15, 0.2) is 25.3 Å². The zero-order valence-electron chi connectivity index (χ0n) is 9.89. The molecule has 0 rings (SSSR count). The van der Waals surface area contributed by atoms with Crippen molar-refractivity contribution in [1.82, 2.24) is 0 Å². The molecule has 0 aromatic rings. The summed E-state index contributed by atoms with van der Waals surface area (Å²) < 4.78 is 4.83. The Bertz CT molecular complexity index is 245. The lowest BCUT2D eigenvalue weighted by molar-refractivity contribution is -0.340. The van der Waals surface area contributed by atoms with Crippen molar-refractivity contribution in [1.29, 1.82) is 5.26 Å². The van der Waals surface area contributed by atoms with Crippen LogP contribution in [0.2, 0.25) is 0 Å². The van der Waals surface area contributed by atoms with Crippen molar-refractivity contribution in [2.24, 2.45) is 0 Å². The lowest BCUT2D eigenvalue weighted by atomic mass is 10.1. The van der Waals surface area contributed by atoms with Crippen LogP contribution in [0.25, 0.3) is 0 Å². The first-order valence-corrected chi connectivity index (χ1v) is 4.96. The number of hydrogen-bond donors (Lipinski definition) is 0. The first-order chi connectivity index (χ1) is 8.18. The Morgan fingerprint density at radius 1 is 1.06 bits per heavy atom. The minimum atomic E-state index is -0.975. The summed E-state index contributed by atoms with van der Waals surface area (Å²) in [5.41, 5.74) is -0.975. The quantitative estimate of drug-likeness (QED) is 0.180. The molecule has 0 N–H and O–H groups in total. The normalized spacial score (nSPS) is 10.6.